The number of fused-ring (bicyclic) bond motifs is 1. The summed E-state index contributed by atoms with van der Waals surface area (Å²) in [5.41, 5.74) is 1.93. The Morgan fingerprint density at radius 3 is 2.73 bits per heavy atom. The first kappa shape index (κ1) is 17.7. The summed E-state index contributed by atoms with van der Waals surface area (Å²) in [5, 5.41) is 14.8. The highest BCUT2D eigenvalue weighted by molar-refractivity contribution is 6.04. The molecule has 1 aromatic carbocycles. The van der Waals surface area contributed by atoms with Crippen LogP contribution in [0.25, 0.3) is 0 Å². The molecule has 2 aromatic rings. The zero-order valence-corrected chi connectivity index (χ0v) is 14.9. The van der Waals surface area contributed by atoms with Crippen molar-refractivity contribution in [3.05, 3.63) is 47.0 Å². The van der Waals surface area contributed by atoms with Crippen LogP contribution in [-0.4, -0.2) is 27.4 Å². The minimum atomic E-state index is -0.417. The van der Waals surface area contributed by atoms with Gasteiger partial charge in [0.05, 0.1) is 16.9 Å². The van der Waals surface area contributed by atoms with E-state index in [2.05, 4.69) is 21.7 Å². The highest BCUT2D eigenvalue weighted by Crippen LogP contribution is 2.22. The molecule has 2 N–H and O–H groups in total. The quantitative estimate of drug-likeness (QED) is 0.884. The predicted molar refractivity (Wildman–Crippen MR) is 96.9 cm³/mol. The molecule has 0 aliphatic carbocycles. The molecule has 0 saturated heterocycles. The number of anilines is 1. The molecule has 2 heterocycles. The molecule has 0 saturated carbocycles. The largest absolute Gasteiger partial charge is 0.348 e. The summed E-state index contributed by atoms with van der Waals surface area (Å²) in [7, 11) is 0. The van der Waals surface area contributed by atoms with Crippen LogP contribution < -0.4 is 10.6 Å². The molecule has 0 unspecified atom stereocenters. The van der Waals surface area contributed by atoms with Crippen molar-refractivity contribution >= 4 is 17.5 Å². The Hall–Kier alpha value is -3.14. The second-order valence-corrected chi connectivity index (χ2v) is 6.58. The monoisotopic (exact) mass is 351 g/mol. The van der Waals surface area contributed by atoms with E-state index in [0.29, 0.717) is 23.5 Å². The smallest absolute Gasteiger partial charge is 0.291 e. The third-order valence-electron chi connectivity index (χ3n) is 4.25. The van der Waals surface area contributed by atoms with E-state index in [9.17, 15) is 14.9 Å². The first-order chi connectivity index (χ1) is 12.5. The van der Waals surface area contributed by atoms with Crippen LogP contribution in [0.5, 0.6) is 0 Å². The average molecular weight is 351 g/mol. The fourth-order valence-electron chi connectivity index (χ4n) is 3.10. The van der Waals surface area contributed by atoms with Crippen molar-refractivity contribution in [1.82, 2.24) is 14.9 Å². The number of hydrogen-bond donors (Lipinski definition) is 2. The Balaban J connectivity index is 1.94. The molecule has 0 fully saturated rings. The Bertz CT molecular complexity index is 892. The number of nitriles is 1. The third kappa shape index (κ3) is 3.45. The minimum absolute atomic E-state index is 0.0109. The number of rotatable bonds is 4. The van der Waals surface area contributed by atoms with Crippen molar-refractivity contribution in [3.8, 4) is 6.07 Å². The fraction of sp³-hybridized carbons (Fsp3) is 0.368. The number of nitrogens with one attached hydrogen (secondary N) is 2. The predicted octanol–water partition coefficient (Wildman–Crippen LogP) is 2.48. The zero-order chi connectivity index (χ0) is 18.7. The lowest BCUT2D eigenvalue weighted by Gasteiger charge is -2.17. The van der Waals surface area contributed by atoms with Crippen LogP contribution in [0.4, 0.5) is 5.69 Å². The molecule has 7 heteroatoms. The zero-order valence-electron chi connectivity index (χ0n) is 14.9. The van der Waals surface area contributed by atoms with Gasteiger partial charge in [0.1, 0.15) is 11.8 Å². The molecule has 7 nitrogen and oxygen atoms in total. The molecule has 0 radical (unpaired) electrons. The minimum Gasteiger partial charge on any atom is -0.348 e. The number of carbonyl (C=O) groups is 2. The van der Waals surface area contributed by atoms with E-state index in [0.717, 1.165) is 25.0 Å². The Labute approximate surface area is 152 Å². The van der Waals surface area contributed by atoms with Crippen LogP contribution >= 0.6 is 0 Å². The van der Waals surface area contributed by atoms with Gasteiger partial charge in [-0.2, -0.15) is 5.26 Å². The van der Waals surface area contributed by atoms with E-state index >= 15 is 0 Å². The molecule has 134 valence electrons. The molecule has 2 amide bonds. The second kappa shape index (κ2) is 7.40. The number of amides is 2. The van der Waals surface area contributed by atoms with E-state index in [1.165, 1.54) is 0 Å². The average Bonchev–Trinajstić information content (AvgIpc) is 3.01. The molecule has 1 aliphatic rings. The normalized spacial score (nSPS) is 13.0. The summed E-state index contributed by atoms with van der Waals surface area (Å²) in [5.74, 6) is -0.470. The van der Waals surface area contributed by atoms with Crippen molar-refractivity contribution < 1.29 is 9.59 Å². The summed E-state index contributed by atoms with van der Waals surface area (Å²) in [6.07, 6.45) is 2.62. The lowest BCUT2D eigenvalue weighted by Crippen LogP contribution is -2.31. The van der Waals surface area contributed by atoms with Crippen LogP contribution in [0, 0.1) is 11.3 Å². The summed E-state index contributed by atoms with van der Waals surface area (Å²) in [6.45, 7) is 4.42. The van der Waals surface area contributed by atoms with Gasteiger partial charge in [-0.25, -0.2) is 4.98 Å². The van der Waals surface area contributed by atoms with Gasteiger partial charge in [-0.3, -0.25) is 9.59 Å². The van der Waals surface area contributed by atoms with Gasteiger partial charge in [-0.05, 0) is 45.2 Å². The number of carbonyl (C=O) groups excluding carboxylic acids is 2. The number of hydrogen-bond acceptors (Lipinski definition) is 4. The van der Waals surface area contributed by atoms with Gasteiger partial charge in [0.25, 0.3) is 11.8 Å². The summed E-state index contributed by atoms with van der Waals surface area (Å²) < 4.78 is 1.82. The maximum absolute atomic E-state index is 12.8. The SMILES string of the molecule is CC(C)NC(=O)c1nc(C(=O)Nc2ccccc2C#N)n2c1CCCC2. The standard InChI is InChI=1S/C19H21N5O2/c1-12(2)21-18(25)16-15-9-5-6-10-24(15)17(23-16)19(26)22-14-8-4-3-7-13(14)11-20/h3-4,7-8,12H,5-6,9-10H2,1-2H3,(H,21,25)(H,22,26). The van der Waals surface area contributed by atoms with Crippen LogP contribution in [0.3, 0.4) is 0 Å². The third-order valence-corrected chi connectivity index (χ3v) is 4.25. The highest BCUT2D eigenvalue weighted by atomic mass is 16.2. The number of aromatic nitrogens is 2. The van der Waals surface area contributed by atoms with Crippen molar-refractivity contribution in [2.24, 2.45) is 0 Å². The fourth-order valence-corrected chi connectivity index (χ4v) is 3.10. The molecule has 0 bridgehead atoms. The van der Waals surface area contributed by atoms with Gasteiger partial charge in [0.2, 0.25) is 0 Å². The van der Waals surface area contributed by atoms with Gasteiger partial charge in [0.15, 0.2) is 5.82 Å². The maximum Gasteiger partial charge on any atom is 0.291 e. The lowest BCUT2D eigenvalue weighted by molar-refractivity contribution is 0.0937. The van der Waals surface area contributed by atoms with Crippen LogP contribution in [0.1, 0.15) is 59.1 Å². The topological polar surface area (TPSA) is 99.8 Å². The van der Waals surface area contributed by atoms with Crippen LogP contribution in [0.15, 0.2) is 24.3 Å². The molecule has 0 atom stereocenters. The van der Waals surface area contributed by atoms with Gasteiger partial charge in [0, 0.05) is 12.6 Å². The second-order valence-electron chi connectivity index (χ2n) is 6.58. The summed E-state index contributed by atoms with van der Waals surface area (Å²) in [4.78, 5) is 29.6. The van der Waals surface area contributed by atoms with Gasteiger partial charge >= 0.3 is 0 Å². The molecular formula is C19H21N5O2. The van der Waals surface area contributed by atoms with Gasteiger partial charge in [-0.15, -0.1) is 0 Å². The molecule has 0 spiro atoms. The molecule has 1 aromatic heterocycles. The van der Waals surface area contributed by atoms with Gasteiger partial charge in [-0.1, -0.05) is 12.1 Å². The summed E-state index contributed by atoms with van der Waals surface area (Å²) >= 11 is 0. The van der Waals surface area contributed by atoms with E-state index in [4.69, 9.17) is 0 Å². The Kier molecular flexibility index (Phi) is 5.03. The summed E-state index contributed by atoms with van der Waals surface area (Å²) in [6, 6.07) is 8.83. The number of benzene rings is 1. The first-order valence-electron chi connectivity index (χ1n) is 8.72. The van der Waals surface area contributed by atoms with E-state index < -0.39 is 5.91 Å². The maximum atomic E-state index is 12.8. The lowest BCUT2D eigenvalue weighted by atomic mass is 10.1. The van der Waals surface area contributed by atoms with E-state index in [1.807, 2.05) is 18.4 Å². The van der Waals surface area contributed by atoms with Crippen LogP contribution in [0.2, 0.25) is 0 Å². The van der Waals surface area contributed by atoms with E-state index in [1.54, 1.807) is 24.3 Å². The van der Waals surface area contributed by atoms with Crippen molar-refractivity contribution in [2.45, 2.75) is 45.7 Å². The van der Waals surface area contributed by atoms with E-state index in [-0.39, 0.29) is 17.8 Å². The van der Waals surface area contributed by atoms with Gasteiger partial charge < -0.3 is 15.2 Å². The van der Waals surface area contributed by atoms with Crippen molar-refractivity contribution in [3.63, 3.8) is 0 Å². The Morgan fingerprint density at radius 2 is 2.00 bits per heavy atom. The molecular weight excluding hydrogens is 330 g/mol. The molecule has 26 heavy (non-hydrogen) atoms. The number of nitrogens with zero attached hydrogens (tertiary/aromatic N) is 3. The molecule has 1 aliphatic heterocycles. The first-order valence-corrected chi connectivity index (χ1v) is 8.72. The molecule has 3 rings (SSSR count). The highest BCUT2D eigenvalue weighted by Gasteiger charge is 2.27. The Morgan fingerprint density at radius 1 is 1.23 bits per heavy atom. The van der Waals surface area contributed by atoms with Crippen molar-refractivity contribution in [2.75, 3.05) is 5.32 Å². The number of imidazole rings is 1. The number of para-hydroxylation sites is 1. The van der Waals surface area contributed by atoms with Crippen LogP contribution in [-0.2, 0) is 13.0 Å². The van der Waals surface area contributed by atoms with Crippen molar-refractivity contribution in [1.29, 1.82) is 5.26 Å².